The summed E-state index contributed by atoms with van der Waals surface area (Å²) in [5, 5.41) is 3.66. The minimum Gasteiger partial charge on any atom is -0.311 e. The van der Waals surface area contributed by atoms with E-state index >= 15 is 0 Å². The van der Waals surface area contributed by atoms with E-state index < -0.39 is 0 Å². The van der Waals surface area contributed by atoms with Crippen molar-refractivity contribution in [1.82, 2.24) is 5.32 Å². The van der Waals surface area contributed by atoms with Gasteiger partial charge in [0.1, 0.15) is 0 Å². The van der Waals surface area contributed by atoms with Crippen molar-refractivity contribution in [1.29, 1.82) is 0 Å². The van der Waals surface area contributed by atoms with Gasteiger partial charge in [-0.2, -0.15) is 0 Å². The summed E-state index contributed by atoms with van der Waals surface area (Å²) in [6, 6.07) is 10.2. The van der Waals surface area contributed by atoms with E-state index in [1.165, 1.54) is 25.7 Å². The van der Waals surface area contributed by atoms with Gasteiger partial charge in [0.25, 0.3) is 0 Å². The summed E-state index contributed by atoms with van der Waals surface area (Å²) in [6.45, 7) is 4.47. The highest BCUT2D eigenvalue weighted by Gasteiger charge is 2.16. The summed E-state index contributed by atoms with van der Waals surface area (Å²) in [4.78, 5) is 0. The fourth-order valence-electron chi connectivity index (χ4n) is 2.52. The first-order valence-electron chi connectivity index (χ1n) is 6.08. The number of hydrogen-bond donors (Lipinski definition) is 1. The molecule has 0 bridgehead atoms. The van der Waals surface area contributed by atoms with E-state index in [-0.39, 0.29) is 17.0 Å². The topological polar surface area (TPSA) is 12.0 Å². The minimum atomic E-state index is 0. The van der Waals surface area contributed by atoms with Crippen LogP contribution in [0.4, 0.5) is 0 Å². The molecule has 1 atom stereocenters. The van der Waals surface area contributed by atoms with E-state index in [1.807, 2.05) is 0 Å². The molecule has 1 N–H and O–H groups in total. The van der Waals surface area contributed by atoms with Crippen LogP contribution in [0.1, 0.15) is 37.8 Å². The lowest BCUT2D eigenvalue weighted by Gasteiger charge is -2.19. The van der Waals surface area contributed by atoms with Crippen LogP contribution in [0, 0.1) is 0 Å². The molecule has 0 aliphatic heterocycles. The van der Waals surface area contributed by atoms with E-state index in [0.29, 0.717) is 12.1 Å². The summed E-state index contributed by atoms with van der Waals surface area (Å²) in [5.74, 6) is 0. The summed E-state index contributed by atoms with van der Waals surface area (Å²) in [7, 11) is 0. The minimum absolute atomic E-state index is 0. The van der Waals surface area contributed by atoms with Gasteiger partial charge in [0.2, 0.25) is 0 Å². The van der Waals surface area contributed by atoms with Crippen molar-refractivity contribution < 1.29 is 0 Å². The number of nitrogens with one attached hydrogen (secondary N) is 1. The number of fused-ring (bicyclic) bond motifs is 1. The Morgan fingerprint density at radius 1 is 1.19 bits per heavy atom. The van der Waals surface area contributed by atoms with E-state index in [9.17, 15) is 0 Å². The molecule has 1 unspecified atom stereocenters. The first kappa shape index (κ1) is 13.7. The Labute approximate surface area is 109 Å². The Morgan fingerprint density at radius 2 is 1.88 bits per heavy atom. The van der Waals surface area contributed by atoms with E-state index in [0.717, 1.165) is 0 Å². The Bertz CT molecular complexity index is 322. The van der Waals surface area contributed by atoms with E-state index in [4.69, 9.17) is 0 Å². The highest BCUT2D eigenvalue weighted by atomic mass is 79.9. The lowest BCUT2D eigenvalue weighted by atomic mass is 10.0. The van der Waals surface area contributed by atoms with Gasteiger partial charge in [-0.05, 0) is 36.8 Å². The number of aryl methyl sites for hydroxylation is 1. The molecule has 0 aromatic heterocycles. The van der Waals surface area contributed by atoms with E-state index in [2.05, 4.69) is 43.4 Å². The molecule has 0 radical (unpaired) electrons. The third-order valence-corrected chi connectivity index (χ3v) is 3.15. The maximum atomic E-state index is 3.66. The molecule has 1 nitrogen and oxygen atoms in total. The number of halogens is 1. The van der Waals surface area contributed by atoms with Crippen LogP contribution < -0.4 is 5.32 Å². The molecule has 0 saturated heterocycles. The fourth-order valence-corrected chi connectivity index (χ4v) is 2.52. The molecule has 2 rings (SSSR count). The van der Waals surface area contributed by atoms with Crippen LogP contribution in [0.15, 0.2) is 24.3 Å². The average molecular weight is 284 g/mol. The maximum Gasteiger partial charge on any atom is 0.0110 e. The van der Waals surface area contributed by atoms with Gasteiger partial charge in [0.05, 0.1) is 0 Å². The molecular formula is C14H22BrN. The Balaban J connectivity index is 0.00000128. The van der Waals surface area contributed by atoms with Gasteiger partial charge in [-0.15, -0.1) is 17.0 Å². The van der Waals surface area contributed by atoms with Crippen LogP contribution >= 0.6 is 17.0 Å². The molecule has 1 aromatic rings. The van der Waals surface area contributed by atoms with Crippen LogP contribution in [-0.4, -0.2) is 12.1 Å². The van der Waals surface area contributed by atoms with Crippen molar-refractivity contribution in [2.24, 2.45) is 0 Å². The maximum absolute atomic E-state index is 3.66. The molecule has 0 amide bonds. The van der Waals surface area contributed by atoms with Gasteiger partial charge in [-0.3, -0.25) is 0 Å². The molecule has 2 heteroatoms. The Hall–Kier alpha value is -0.340. The van der Waals surface area contributed by atoms with Crippen LogP contribution in [0.25, 0.3) is 0 Å². The molecule has 16 heavy (non-hydrogen) atoms. The highest BCUT2D eigenvalue weighted by molar-refractivity contribution is 8.93. The van der Waals surface area contributed by atoms with Crippen molar-refractivity contribution in [3.05, 3.63) is 35.4 Å². The van der Waals surface area contributed by atoms with Crippen molar-refractivity contribution in [3.63, 3.8) is 0 Å². The zero-order valence-corrected chi connectivity index (χ0v) is 11.9. The van der Waals surface area contributed by atoms with Crippen molar-refractivity contribution >= 4 is 17.0 Å². The van der Waals surface area contributed by atoms with Crippen molar-refractivity contribution in [3.8, 4) is 0 Å². The monoisotopic (exact) mass is 283 g/mol. The summed E-state index contributed by atoms with van der Waals surface area (Å²) >= 11 is 0. The van der Waals surface area contributed by atoms with Gasteiger partial charge in [-0.25, -0.2) is 0 Å². The largest absolute Gasteiger partial charge is 0.311 e. The highest BCUT2D eigenvalue weighted by Crippen LogP contribution is 2.20. The normalized spacial score (nSPS) is 19.8. The van der Waals surface area contributed by atoms with Gasteiger partial charge < -0.3 is 5.32 Å². The molecule has 0 saturated carbocycles. The fraction of sp³-hybridized carbons (Fsp3) is 0.571. The third-order valence-electron chi connectivity index (χ3n) is 3.15. The van der Waals surface area contributed by atoms with E-state index in [1.54, 1.807) is 11.1 Å². The number of benzene rings is 1. The zero-order valence-electron chi connectivity index (χ0n) is 10.2. The van der Waals surface area contributed by atoms with Gasteiger partial charge >= 0.3 is 0 Å². The summed E-state index contributed by atoms with van der Waals surface area (Å²) < 4.78 is 0. The molecule has 0 spiro atoms. The average Bonchev–Trinajstić information content (AvgIpc) is 2.38. The quantitative estimate of drug-likeness (QED) is 0.819. The van der Waals surface area contributed by atoms with Crippen LogP contribution in [0.2, 0.25) is 0 Å². The van der Waals surface area contributed by atoms with Gasteiger partial charge in [0, 0.05) is 12.1 Å². The Kier molecular flexibility index (Phi) is 5.50. The SMILES string of the molecule is Br.CC(C)NC1CCCc2ccccc2C1. The second kappa shape index (κ2) is 6.41. The molecule has 0 fully saturated rings. The molecule has 0 heterocycles. The molecule has 1 aliphatic carbocycles. The lowest BCUT2D eigenvalue weighted by molar-refractivity contribution is 0.435. The predicted octanol–water partition coefficient (Wildman–Crippen LogP) is 3.51. The van der Waals surface area contributed by atoms with Gasteiger partial charge in [0.15, 0.2) is 0 Å². The summed E-state index contributed by atoms with van der Waals surface area (Å²) in [5.41, 5.74) is 3.11. The first-order valence-corrected chi connectivity index (χ1v) is 6.08. The predicted molar refractivity (Wildman–Crippen MR) is 75.5 cm³/mol. The zero-order chi connectivity index (χ0) is 10.7. The van der Waals surface area contributed by atoms with Crippen LogP contribution in [0.5, 0.6) is 0 Å². The lowest BCUT2D eigenvalue weighted by Crippen LogP contribution is -2.35. The smallest absolute Gasteiger partial charge is 0.0110 e. The van der Waals surface area contributed by atoms with Crippen molar-refractivity contribution in [2.45, 2.75) is 51.6 Å². The molecular weight excluding hydrogens is 262 g/mol. The number of rotatable bonds is 2. The van der Waals surface area contributed by atoms with Crippen molar-refractivity contribution in [2.75, 3.05) is 0 Å². The second-order valence-electron chi connectivity index (χ2n) is 4.88. The molecule has 1 aromatic carbocycles. The molecule has 90 valence electrons. The molecule has 1 aliphatic rings. The second-order valence-corrected chi connectivity index (χ2v) is 4.88. The standard InChI is InChI=1S/C14H21N.BrH/c1-11(2)15-14-9-5-8-12-6-3-4-7-13(12)10-14;/h3-4,6-7,11,14-15H,5,8-10H2,1-2H3;1H. The van der Waals surface area contributed by atoms with Crippen LogP contribution in [-0.2, 0) is 12.8 Å². The first-order chi connectivity index (χ1) is 7.25. The van der Waals surface area contributed by atoms with Gasteiger partial charge in [-0.1, -0.05) is 38.1 Å². The summed E-state index contributed by atoms with van der Waals surface area (Å²) in [6.07, 6.45) is 5.09. The number of hydrogen-bond acceptors (Lipinski definition) is 1. The third kappa shape index (κ3) is 3.60. The Morgan fingerprint density at radius 3 is 2.56 bits per heavy atom. The van der Waals surface area contributed by atoms with Crippen LogP contribution in [0.3, 0.4) is 0 Å².